The molecule has 0 atom stereocenters. The molecule has 1 aliphatic heterocycles. The Morgan fingerprint density at radius 1 is 1.28 bits per heavy atom. The van der Waals surface area contributed by atoms with Crippen LogP contribution in [0.5, 0.6) is 0 Å². The van der Waals surface area contributed by atoms with Crippen LogP contribution in [0.25, 0.3) is 6.08 Å². The van der Waals surface area contributed by atoms with E-state index in [9.17, 15) is 14.0 Å². The third kappa shape index (κ3) is 5.53. The van der Waals surface area contributed by atoms with E-state index in [-0.39, 0.29) is 17.5 Å². The normalized spacial score (nSPS) is 15.9. The zero-order valence-electron chi connectivity index (χ0n) is 15.3. The quantitative estimate of drug-likeness (QED) is 0.502. The van der Waals surface area contributed by atoms with Crippen LogP contribution in [-0.4, -0.2) is 27.6 Å². The van der Waals surface area contributed by atoms with E-state index in [1.807, 2.05) is 43.3 Å². The van der Waals surface area contributed by atoms with Gasteiger partial charge in [0.2, 0.25) is 5.91 Å². The Bertz CT molecular complexity index is 1040. The molecule has 0 radical (unpaired) electrons. The largest absolute Gasteiger partial charge is 0.324 e. The van der Waals surface area contributed by atoms with Gasteiger partial charge in [0.25, 0.3) is 5.91 Å². The molecule has 2 aromatic rings. The maximum absolute atomic E-state index is 13.2. The van der Waals surface area contributed by atoms with Crippen LogP contribution in [0.1, 0.15) is 12.5 Å². The Kier molecular flexibility index (Phi) is 6.84. The van der Waals surface area contributed by atoms with Gasteiger partial charge in [0.05, 0.1) is 9.93 Å². The molecule has 1 fully saturated rings. The Balaban J connectivity index is 1.67. The van der Waals surface area contributed by atoms with Crippen molar-refractivity contribution in [1.29, 1.82) is 0 Å². The minimum atomic E-state index is -0.578. The van der Waals surface area contributed by atoms with Crippen LogP contribution in [0.2, 0.25) is 5.02 Å². The fourth-order valence-corrected chi connectivity index (χ4v) is 4.10. The van der Waals surface area contributed by atoms with Gasteiger partial charge in [-0.2, -0.15) is 0 Å². The van der Waals surface area contributed by atoms with Crippen LogP contribution in [0.3, 0.4) is 0 Å². The molecule has 0 bridgehead atoms. The lowest BCUT2D eigenvalue weighted by molar-refractivity contribution is -0.126. The summed E-state index contributed by atoms with van der Waals surface area (Å²) in [5, 5.41) is 2.48. The third-order valence-corrected chi connectivity index (χ3v) is 5.60. The second-order valence-corrected chi connectivity index (χ2v) is 8.33. The first kappa shape index (κ1) is 21.2. The summed E-state index contributed by atoms with van der Waals surface area (Å²) in [5.74, 6) is -1.36. The maximum Gasteiger partial charge on any atom is 0.266 e. The molecule has 148 valence electrons. The van der Waals surface area contributed by atoms with E-state index in [4.69, 9.17) is 23.8 Å². The summed E-state index contributed by atoms with van der Waals surface area (Å²) < 4.78 is 13.5. The van der Waals surface area contributed by atoms with Crippen LogP contribution < -0.4 is 5.32 Å². The number of thioether (sulfide) groups is 1. The number of anilines is 1. The molecule has 0 aromatic heterocycles. The highest BCUT2D eigenvalue weighted by molar-refractivity contribution is 8.26. The van der Waals surface area contributed by atoms with Gasteiger partial charge < -0.3 is 5.32 Å². The highest BCUT2D eigenvalue weighted by Gasteiger charge is 2.33. The molecule has 0 spiro atoms. The van der Waals surface area contributed by atoms with Gasteiger partial charge in [-0.1, -0.05) is 72.0 Å². The molecule has 8 heteroatoms. The summed E-state index contributed by atoms with van der Waals surface area (Å²) in [7, 11) is 0. The first-order valence-electron chi connectivity index (χ1n) is 8.57. The number of benzene rings is 2. The predicted octanol–water partition coefficient (Wildman–Crippen LogP) is 5.27. The first-order chi connectivity index (χ1) is 13.8. The summed E-state index contributed by atoms with van der Waals surface area (Å²) in [6.07, 6.45) is 3.71. The number of amides is 2. The van der Waals surface area contributed by atoms with Crippen molar-refractivity contribution in [2.24, 2.45) is 0 Å². The van der Waals surface area contributed by atoms with Crippen LogP contribution >= 0.6 is 35.6 Å². The van der Waals surface area contributed by atoms with Gasteiger partial charge in [-0.3, -0.25) is 14.5 Å². The highest BCUT2D eigenvalue weighted by Crippen LogP contribution is 2.32. The lowest BCUT2D eigenvalue weighted by Crippen LogP contribution is -2.36. The van der Waals surface area contributed by atoms with Gasteiger partial charge >= 0.3 is 0 Å². The Morgan fingerprint density at radius 2 is 2.00 bits per heavy atom. The second kappa shape index (κ2) is 9.35. The van der Waals surface area contributed by atoms with Crippen LogP contribution in [0.15, 0.2) is 65.1 Å². The molecule has 0 saturated carbocycles. The molecule has 4 nitrogen and oxygen atoms in total. The summed E-state index contributed by atoms with van der Waals surface area (Å²) in [6, 6.07) is 13.6. The number of rotatable bonds is 5. The minimum absolute atomic E-state index is 0.1000. The number of halogens is 2. The van der Waals surface area contributed by atoms with Crippen molar-refractivity contribution < 1.29 is 14.0 Å². The maximum atomic E-state index is 13.2. The predicted molar refractivity (Wildman–Crippen MR) is 120 cm³/mol. The van der Waals surface area contributed by atoms with Crippen molar-refractivity contribution >= 4 is 63.5 Å². The second-order valence-electron chi connectivity index (χ2n) is 6.24. The molecular formula is C21H16ClFN2O2S2. The van der Waals surface area contributed by atoms with E-state index in [0.29, 0.717) is 14.9 Å². The van der Waals surface area contributed by atoms with Crippen molar-refractivity contribution in [2.45, 2.75) is 6.92 Å². The zero-order valence-corrected chi connectivity index (χ0v) is 17.7. The molecule has 2 aromatic carbocycles. The molecule has 1 saturated heterocycles. The average Bonchev–Trinajstić information content (AvgIpc) is 2.93. The molecule has 1 N–H and O–H groups in total. The number of thiocarbonyl (C=S) groups is 1. The fraction of sp³-hybridized carbons (Fsp3) is 0.0952. The van der Waals surface area contributed by atoms with Crippen LogP contribution in [-0.2, 0) is 9.59 Å². The van der Waals surface area contributed by atoms with Gasteiger partial charge in [-0.25, -0.2) is 4.39 Å². The monoisotopic (exact) mass is 446 g/mol. The van der Waals surface area contributed by atoms with E-state index < -0.39 is 11.7 Å². The summed E-state index contributed by atoms with van der Waals surface area (Å²) >= 11 is 12.1. The first-order valence-corrected chi connectivity index (χ1v) is 10.2. The van der Waals surface area contributed by atoms with Crippen molar-refractivity contribution in [3.63, 3.8) is 0 Å². The van der Waals surface area contributed by atoms with Crippen molar-refractivity contribution in [1.82, 2.24) is 4.90 Å². The molecule has 1 heterocycles. The van der Waals surface area contributed by atoms with Gasteiger partial charge in [0.1, 0.15) is 16.7 Å². The number of nitrogens with zero attached hydrogens (tertiary/aromatic N) is 1. The standard InChI is InChI=1S/C21H16ClFN2O2S2/c1-13(9-14-5-3-2-4-6-14)10-18-20(27)25(21(28)29-18)12-19(26)24-15-7-8-17(23)16(22)11-15/h2-11H,12H2,1H3,(H,24,26)/b13-9+,18-10-. The Morgan fingerprint density at radius 3 is 2.69 bits per heavy atom. The number of hydrogen-bond donors (Lipinski definition) is 1. The average molecular weight is 447 g/mol. The number of hydrogen-bond acceptors (Lipinski definition) is 4. The summed E-state index contributed by atoms with van der Waals surface area (Å²) in [5.41, 5.74) is 2.25. The van der Waals surface area contributed by atoms with E-state index in [1.54, 1.807) is 6.08 Å². The summed E-state index contributed by atoms with van der Waals surface area (Å²) in [4.78, 5) is 26.6. The van der Waals surface area contributed by atoms with Crippen molar-refractivity contribution in [2.75, 3.05) is 11.9 Å². The topological polar surface area (TPSA) is 49.4 Å². The molecule has 2 amide bonds. The third-order valence-electron chi connectivity index (χ3n) is 3.93. The van der Waals surface area contributed by atoms with Crippen molar-refractivity contribution in [3.05, 3.63) is 81.5 Å². The zero-order chi connectivity index (χ0) is 21.0. The summed E-state index contributed by atoms with van der Waals surface area (Å²) in [6.45, 7) is 1.66. The van der Waals surface area contributed by atoms with Crippen LogP contribution in [0.4, 0.5) is 10.1 Å². The van der Waals surface area contributed by atoms with E-state index in [2.05, 4.69) is 5.32 Å². The number of nitrogens with one attached hydrogen (secondary N) is 1. The smallest absolute Gasteiger partial charge is 0.266 e. The van der Waals surface area contributed by atoms with Gasteiger partial charge in [-0.05, 0) is 42.3 Å². The molecule has 1 aliphatic rings. The molecule has 0 unspecified atom stereocenters. The Labute approximate surface area is 182 Å². The molecular weight excluding hydrogens is 431 g/mol. The number of carbonyl (C=O) groups is 2. The van der Waals surface area contributed by atoms with Gasteiger partial charge in [-0.15, -0.1) is 0 Å². The van der Waals surface area contributed by atoms with Crippen LogP contribution in [0, 0.1) is 5.82 Å². The lowest BCUT2D eigenvalue weighted by atomic mass is 10.1. The minimum Gasteiger partial charge on any atom is -0.324 e. The molecule has 3 rings (SSSR count). The molecule has 29 heavy (non-hydrogen) atoms. The lowest BCUT2D eigenvalue weighted by Gasteiger charge is -2.14. The van der Waals surface area contributed by atoms with Crippen molar-refractivity contribution in [3.8, 4) is 0 Å². The molecule has 0 aliphatic carbocycles. The van der Waals surface area contributed by atoms with Gasteiger partial charge in [0.15, 0.2) is 0 Å². The highest BCUT2D eigenvalue weighted by atomic mass is 35.5. The number of carbonyl (C=O) groups excluding carboxylic acids is 2. The van der Waals surface area contributed by atoms with E-state index in [1.165, 1.54) is 17.0 Å². The number of allylic oxidation sites excluding steroid dienone is 2. The van der Waals surface area contributed by atoms with Gasteiger partial charge in [0, 0.05) is 5.69 Å². The SMILES string of the molecule is CC(/C=C1\SC(=S)N(CC(=O)Nc2ccc(F)c(Cl)c2)C1=O)=C\c1ccccc1. The van der Waals surface area contributed by atoms with E-state index in [0.717, 1.165) is 29.0 Å². The fourth-order valence-electron chi connectivity index (χ4n) is 2.61. The Hall–Kier alpha value is -2.48. The van der Waals surface area contributed by atoms with E-state index >= 15 is 0 Å².